The summed E-state index contributed by atoms with van der Waals surface area (Å²) >= 11 is 0. The van der Waals surface area contributed by atoms with Gasteiger partial charge < -0.3 is 24.6 Å². The van der Waals surface area contributed by atoms with Crippen LogP contribution in [0.25, 0.3) is 0 Å². The average Bonchev–Trinajstić information content (AvgIpc) is 3.56. The number of benzene rings is 1. The number of aryl methyl sites for hydroxylation is 2. The van der Waals surface area contributed by atoms with E-state index in [0.29, 0.717) is 26.2 Å². The van der Waals surface area contributed by atoms with E-state index in [1.165, 1.54) is 17.5 Å². The van der Waals surface area contributed by atoms with E-state index in [2.05, 4.69) is 17.4 Å². The highest BCUT2D eigenvalue weighted by Crippen LogP contribution is 2.33. The summed E-state index contributed by atoms with van der Waals surface area (Å²) in [5.41, 5.74) is 3.11. The van der Waals surface area contributed by atoms with Crippen molar-refractivity contribution in [3.63, 3.8) is 0 Å². The molecule has 3 fully saturated rings. The molecular weight excluding hydrogens is 458 g/mol. The molecule has 0 aromatic heterocycles. The van der Waals surface area contributed by atoms with Gasteiger partial charge in [-0.1, -0.05) is 6.07 Å². The van der Waals surface area contributed by atoms with Crippen LogP contribution < -0.4 is 10.2 Å². The minimum absolute atomic E-state index is 0.0385. The molecule has 5 rings (SSSR count). The van der Waals surface area contributed by atoms with Crippen LogP contribution in [-0.4, -0.2) is 66.8 Å². The first-order valence-electron chi connectivity index (χ1n) is 13.5. The first-order chi connectivity index (χ1) is 17.2. The Hall–Kier alpha value is -2.61. The predicted molar refractivity (Wildman–Crippen MR) is 136 cm³/mol. The first-order valence-corrected chi connectivity index (χ1v) is 13.5. The minimum Gasteiger partial charge on any atom is -0.444 e. The van der Waals surface area contributed by atoms with Crippen LogP contribution in [0, 0.1) is 11.8 Å². The van der Waals surface area contributed by atoms with Crippen molar-refractivity contribution in [1.82, 2.24) is 10.2 Å². The largest absolute Gasteiger partial charge is 0.444 e. The number of piperidine rings is 1. The minimum atomic E-state index is -0.539. The van der Waals surface area contributed by atoms with Crippen LogP contribution in [0.15, 0.2) is 18.2 Å². The fourth-order valence-electron chi connectivity index (χ4n) is 6.24. The highest BCUT2D eigenvalue weighted by atomic mass is 16.6. The van der Waals surface area contributed by atoms with E-state index in [1.54, 1.807) is 4.90 Å². The summed E-state index contributed by atoms with van der Waals surface area (Å²) in [6, 6.07) is 6.24. The highest BCUT2D eigenvalue weighted by Gasteiger charge is 2.41. The van der Waals surface area contributed by atoms with Crippen LogP contribution in [0.5, 0.6) is 0 Å². The zero-order valence-corrected chi connectivity index (χ0v) is 21.8. The second-order valence-electron chi connectivity index (χ2n) is 11.8. The van der Waals surface area contributed by atoms with Gasteiger partial charge in [-0.25, -0.2) is 4.79 Å². The Morgan fingerprint density at radius 2 is 1.83 bits per heavy atom. The van der Waals surface area contributed by atoms with Crippen molar-refractivity contribution in [2.75, 3.05) is 31.1 Å². The van der Waals surface area contributed by atoms with Crippen molar-refractivity contribution in [2.24, 2.45) is 11.8 Å². The monoisotopic (exact) mass is 497 g/mol. The smallest absolute Gasteiger partial charge is 0.407 e. The van der Waals surface area contributed by atoms with Crippen LogP contribution in [0.3, 0.4) is 0 Å². The van der Waals surface area contributed by atoms with Gasteiger partial charge in [-0.3, -0.25) is 9.59 Å². The lowest BCUT2D eigenvalue weighted by Crippen LogP contribution is -2.49. The Balaban J connectivity index is 1.13. The summed E-state index contributed by atoms with van der Waals surface area (Å²) in [5, 5.41) is 2.99. The maximum absolute atomic E-state index is 13.3. The van der Waals surface area contributed by atoms with Gasteiger partial charge in [0.2, 0.25) is 11.8 Å². The summed E-state index contributed by atoms with van der Waals surface area (Å²) in [6.07, 6.45) is 5.61. The number of fused-ring (bicyclic) bond motifs is 1. The van der Waals surface area contributed by atoms with Crippen molar-refractivity contribution in [1.29, 1.82) is 0 Å². The number of hydrogen-bond acceptors (Lipinski definition) is 5. The van der Waals surface area contributed by atoms with Crippen molar-refractivity contribution in [2.45, 2.75) is 83.5 Å². The quantitative estimate of drug-likeness (QED) is 0.689. The van der Waals surface area contributed by atoms with Gasteiger partial charge in [0.25, 0.3) is 0 Å². The number of hydrogen-bond donors (Lipinski definition) is 1. The summed E-state index contributed by atoms with van der Waals surface area (Å²) in [6.45, 7) is 7.95. The first kappa shape index (κ1) is 25.1. The zero-order chi connectivity index (χ0) is 25.4. The molecule has 3 amide bonds. The molecule has 1 aromatic carbocycles. The van der Waals surface area contributed by atoms with Gasteiger partial charge in [-0.15, -0.1) is 0 Å². The summed E-state index contributed by atoms with van der Waals surface area (Å²) in [7, 11) is 0. The molecule has 196 valence electrons. The molecule has 1 N–H and O–H groups in total. The molecule has 36 heavy (non-hydrogen) atoms. The molecule has 1 aliphatic carbocycles. The van der Waals surface area contributed by atoms with Gasteiger partial charge in [0.05, 0.1) is 18.1 Å². The van der Waals surface area contributed by atoms with E-state index in [-0.39, 0.29) is 42.2 Å². The van der Waals surface area contributed by atoms with Gasteiger partial charge in [0.1, 0.15) is 5.60 Å². The van der Waals surface area contributed by atoms with Crippen LogP contribution in [-0.2, 0) is 31.9 Å². The third-order valence-electron chi connectivity index (χ3n) is 8.02. The molecule has 0 spiro atoms. The van der Waals surface area contributed by atoms with Crippen molar-refractivity contribution in [3.05, 3.63) is 29.3 Å². The SMILES string of the molecule is CC(C)(C)OC(=O)N[C@@H]1CCO[C@H]1C1CCN(C(=O)C2CC(=O)N(c3ccc4c(c3)CCC4)C2)CC1. The van der Waals surface area contributed by atoms with Crippen LogP contribution in [0.1, 0.15) is 64.0 Å². The second-order valence-corrected chi connectivity index (χ2v) is 11.8. The summed E-state index contributed by atoms with van der Waals surface area (Å²) in [5.74, 6) is 0.119. The molecule has 8 heteroatoms. The fraction of sp³-hybridized carbons (Fsp3) is 0.679. The van der Waals surface area contributed by atoms with E-state index in [0.717, 1.165) is 37.8 Å². The number of carbonyl (C=O) groups excluding carboxylic acids is 3. The van der Waals surface area contributed by atoms with E-state index in [9.17, 15) is 14.4 Å². The lowest BCUT2D eigenvalue weighted by molar-refractivity contribution is -0.137. The van der Waals surface area contributed by atoms with Gasteiger partial charge in [0.15, 0.2) is 0 Å². The summed E-state index contributed by atoms with van der Waals surface area (Å²) < 4.78 is 11.4. The average molecular weight is 498 g/mol. The molecule has 0 saturated carbocycles. The Labute approximate surface area is 213 Å². The summed E-state index contributed by atoms with van der Waals surface area (Å²) in [4.78, 5) is 42.1. The van der Waals surface area contributed by atoms with E-state index in [1.807, 2.05) is 31.7 Å². The van der Waals surface area contributed by atoms with Gasteiger partial charge in [-0.2, -0.15) is 0 Å². The Morgan fingerprint density at radius 1 is 1.08 bits per heavy atom. The molecule has 3 atom stereocenters. The lowest BCUT2D eigenvalue weighted by atomic mass is 9.87. The standard InChI is InChI=1S/C28H39N3O5/c1-28(2,3)36-27(34)29-23-11-14-35-25(23)19-9-12-30(13-10-19)26(33)21-16-24(32)31(17-21)22-8-7-18-5-4-6-20(18)15-22/h7-8,15,19,21,23,25H,4-6,9-14,16-17H2,1-3H3,(H,29,34)/t21?,23-,25+/m1/s1. The second kappa shape index (κ2) is 10.0. The molecule has 8 nitrogen and oxygen atoms in total. The van der Waals surface area contributed by atoms with Crippen LogP contribution in [0.4, 0.5) is 10.5 Å². The maximum atomic E-state index is 13.3. The molecule has 0 radical (unpaired) electrons. The van der Waals surface area contributed by atoms with Gasteiger partial charge in [-0.05, 0) is 88.5 Å². The number of rotatable bonds is 4. The number of nitrogens with zero attached hydrogens (tertiary/aromatic N) is 2. The molecule has 4 aliphatic rings. The van der Waals surface area contributed by atoms with Crippen molar-refractivity contribution >= 4 is 23.6 Å². The zero-order valence-electron chi connectivity index (χ0n) is 21.8. The number of anilines is 1. The Bertz CT molecular complexity index is 1010. The third-order valence-corrected chi connectivity index (χ3v) is 8.02. The Morgan fingerprint density at radius 3 is 2.58 bits per heavy atom. The number of likely N-dealkylation sites (tertiary alicyclic amines) is 1. The normalized spacial score (nSPS) is 26.9. The molecule has 3 aliphatic heterocycles. The number of carbonyl (C=O) groups is 3. The van der Waals surface area contributed by atoms with E-state index >= 15 is 0 Å². The topological polar surface area (TPSA) is 88.2 Å². The predicted octanol–water partition coefficient (Wildman–Crippen LogP) is 3.45. The highest BCUT2D eigenvalue weighted by molar-refractivity contribution is 6.00. The van der Waals surface area contributed by atoms with Crippen LogP contribution in [0.2, 0.25) is 0 Å². The van der Waals surface area contributed by atoms with E-state index < -0.39 is 11.7 Å². The molecule has 1 aromatic rings. The maximum Gasteiger partial charge on any atom is 0.407 e. The molecule has 3 saturated heterocycles. The van der Waals surface area contributed by atoms with Crippen LogP contribution >= 0.6 is 0 Å². The number of amides is 3. The van der Waals surface area contributed by atoms with Gasteiger partial charge >= 0.3 is 6.09 Å². The lowest BCUT2D eigenvalue weighted by Gasteiger charge is -2.37. The molecule has 1 unspecified atom stereocenters. The van der Waals surface area contributed by atoms with Crippen molar-refractivity contribution < 1.29 is 23.9 Å². The van der Waals surface area contributed by atoms with Crippen molar-refractivity contribution in [3.8, 4) is 0 Å². The third kappa shape index (κ3) is 5.38. The van der Waals surface area contributed by atoms with E-state index in [4.69, 9.17) is 9.47 Å². The number of alkyl carbamates (subject to hydrolysis) is 1. The Kier molecular flexibility index (Phi) is 6.99. The molecule has 3 heterocycles. The van der Waals surface area contributed by atoms with Gasteiger partial charge in [0, 0.05) is 38.3 Å². The molecular formula is C28H39N3O5. The number of ether oxygens (including phenoxy) is 2. The fourth-order valence-corrected chi connectivity index (χ4v) is 6.24. The number of nitrogens with one attached hydrogen (secondary N) is 1. The molecule has 0 bridgehead atoms.